The summed E-state index contributed by atoms with van der Waals surface area (Å²) in [5, 5.41) is 0. The molecule has 6 nitrogen and oxygen atoms in total. The summed E-state index contributed by atoms with van der Waals surface area (Å²) in [5.41, 5.74) is 0. The highest BCUT2D eigenvalue weighted by Crippen LogP contribution is 2.17. The lowest BCUT2D eigenvalue weighted by Crippen LogP contribution is -2.30. The van der Waals surface area contributed by atoms with Crippen LogP contribution in [0.1, 0.15) is 355 Å². The normalized spacial score (nSPS) is 12.7. The van der Waals surface area contributed by atoms with E-state index in [9.17, 15) is 14.4 Å². The van der Waals surface area contributed by atoms with Crippen molar-refractivity contribution in [1.29, 1.82) is 0 Å². The first kappa shape index (κ1) is 79.3. The van der Waals surface area contributed by atoms with Gasteiger partial charge in [-0.15, -0.1) is 0 Å². The molecule has 0 aliphatic rings. The molecule has 0 aromatic rings. The van der Waals surface area contributed by atoms with Crippen molar-refractivity contribution < 1.29 is 28.6 Å². The topological polar surface area (TPSA) is 78.9 Å². The van der Waals surface area contributed by atoms with E-state index in [2.05, 4.69) is 118 Å². The van der Waals surface area contributed by atoms with E-state index in [0.717, 1.165) is 109 Å². The zero-order valence-electron chi connectivity index (χ0n) is 54.9. The van der Waals surface area contributed by atoms with Crippen LogP contribution in [0.15, 0.2) is 97.2 Å². The Labute approximate surface area is 515 Å². The lowest BCUT2D eigenvalue weighted by molar-refractivity contribution is -0.167. The van der Waals surface area contributed by atoms with Gasteiger partial charge in [0, 0.05) is 19.3 Å². The van der Waals surface area contributed by atoms with Crippen molar-refractivity contribution in [3.05, 3.63) is 97.2 Å². The van der Waals surface area contributed by atoms with Gasteiger partial charge in [-0.25, -0.2) is 0 Å². The van der Waals surface area contributed by atoms with E-state index in [0.29, 0.717) is 19.3 Å². The molecule has 0 aliphatic heterocycles. The molecule has 0 aromatic heterocycles. The Morgan fingerprint density at radius 3 is 0.747 bits per heavy atom. The van der Waals surface area contributed by atoms with Gasteiger partial charge in [-0.2, -0.15) is 0 Å². The van der Waals surface area contributed by atoms with Gasteiger partial charge < -0.3 is 14.2 Å². The summed E-state index contributed by atoms with van der Waals surface area (Å²) >= 11 is 0. The van der Waals surface area contributed by atoms with E-state index in [1.54, 1.807) is 0 Å². The molecule has 0 aromatic carbocycles. The summed E-state index contributed by atoms with van der Waals surface area (Å²) in [6.45, 7) is 6.45. The predicted octanol–water partition coefficient (Wildman–Crippen LogP) is 24.8. The molecule has 83 heavy (non-hydrogen) atoms. The maximum atomic E-state index is 13.0. The van der Waals surface area contributed by atoms with Crippen molar-refractivity contribution >= 4 is 17.9 Å². The van der Waals surface area contributed by atoms with Gasteiger partial charge in [-0.05, 0) is 116 Å². The van der Waals surface area contributed by atoms with Gasteiger partial charge in [-0.3, -0.25) is 14.4 Å². The Kier molecular flexibility index (Phi) is 67.7. The van der Waals surface area contributed by atoms with Crippen LogP contribution in [0.25, 0.3) is 0 Å². The number of esters is 3. The lowest BCUT2D eigenvalue weighted by atomic mass is 10.0. The van der Waals surface area contributed by atoms with Crippen LogP contribution in [-0.4, -0.2) is 37.2 Å². The van der Waals surface area contributed by atoms with Gasteiger partial charge in [-0.1, -0.05) is 317 Å². The van der Waals surface area contributed by atoms with Gasteiger partial charge in [0.05, 0.1) is 0 Å². The third kappa shape index (κ3) is 69.0. The molecule has 0 radical (unpaired) electrons. The fourth-order valence-corrected chi connectivity index (χ4v) is 10.3. The van der Waals surface area contributed by atoms with Crippen LogP contribution in [-0.2, 0) is 28.6 Å². The minimum Gasteiger partial charge on any atom is -0.462 e. The van der Waals surface area contributed by atoms with Crippen LogP contribution in [0.3, 0.4) is 0 Å². The molecule has 0 saturated carbocycles. The number of ether oxygens (including phenoxy) is 3. The van der Waals surface area contributed by atoms with Crippen molar-refractivity contribution in [1.82, 2.24) is 0 Å². The number of allylic oxidation sites excluding steroid dienone is 16. The maximum Gasteiger partial charge on any atom is 0.306 e. The average molecular weight is 1160 g/mol. The number of hydrogen-bond donors (Lipinski definition) is 0. The first-order valence-electron chi connectivity index (χ1n) is 35.7. The maximum absolute atomic E-state index is 13.0. The van der Waals surface area contributed by atoms with E-state index in [4.69, 9.17) is 14.2 Å². The molecule has 0 spiro atoms. The van der Waals surface area contributed by atoms with E-state index in [1.807, 2.05) is 0 Å². The Hall–Kier alpha value is -3.67. The highest BCUT2D eigenvalue weighted by molar-refractivity contribution is 5.71. The minimum atomic E-state index is -0.787. The van der Waals surface area contributed by atoms with Crippen molar-refractivity contribution in [2.75, 3.05) is 13.2 Å². The fourth-order valence-electron chi connectivity index (χ4n) is 10.3. The summed E-state index contributed by atoms with van der Waals surface area (Å²) in [7, 11) is 0. The number of rotatable bonds is 65. The van der Waals surface area contributed by atoms with E-state index >= 15 is 0 Å². The summed E-state index contributed by atoms with van der Waals surface area (Å²) in [6, 6.07) is 0. The molecule has 0 fully saturated rings. The first-order chi connectivity index (χ1) is 41.0. The molecule has 1 unspecified atom stereocenters. The van der Waals surface area contributed by atoms with Crippen LogP contribution < -0.4 is 0 Å². The fraction of sp³-hybridized carbons (Fsp3) is 0.753. The van der Waals surface area contributed by atoms with Crippen molar-refractivity contribution in [2.24, 2.45) is 0 Å². The molecule has 0 aliphatic carbocycles. The summed E-state index contributed by atoms with van der Waals surface area (Å²) < 4.78 is 17.0. The highest BCUT2D eigenvalue weighted by atomic mass is 16.6. The number of hydrogen-bond acceptors (Lipinski definition) is 6. The van der Waals surface area contributed by atoms with Gasteiger partial charge >= 0.3 is 17.9 Å². The first-order valence-corrected chi connectivity index (χ1v) is 35.7. The largest absolute Gasteiger partial charge is 0.462 e. The van der Waals surface area contributed by atoms with Gasteiger partial charge in [0.25, 0.3) is 0 Å². The Morgan fingerprint density at radius 1 is 0.253 bits per heavy atom. The Balaban J connectivity index is 4.34. The number of carbonyl (C=O) groups is 3. The van der Waals surface area contributed by atoms with Gasteiger partial charge in [0.15, 0.2) is 6.10 Å². The second kappa shape index (κ2) is 70.8. The second-order valence-electron chi connectivity index (χ2n) is 23.7. The molecule has 0 heterocycles. The summed E-state index contributed by atoms with van der Waals surface area (Å²) in [5.74, 6) is -0.878. The molecule has 1 atom stereocenters. The van der Waals surface area contributed by atoms with Gasteiger partial charge in [0.1, 0.15) is 13.2 Å². The quantitative estimate of drug-likeness (QED) is 0.0261. The standard InChI is InChI=1S/C77H134O6/c1-4-7-10-13-16-19-22-25-28-31-33-35-37-38-40-41-43-46-49-52-55-58-61-64-67-70-76(79)82-73-74(72-81-75(78)69-66-63-60-57-54-51-48-45-30-27-24-21-18-15-12-9-6-3)83-77(80)71-68-65-62-59-56-53-50-47-44-42-39-36-34-32-29-26-23-20-17-14-11-8-5-2/h8-9,11-12,17-18,20-21,26-27,29-31,33-34,36,74H,4-7,10,13-16,19,22-25,28,32,35,37-73H2,1-3H3/b11-8-,12-9-,20-17-,21-18-,29-26-,30-27-,33-31-,36-34-. The molecular formula is C77H134O6. The molecule has 0 bridgehead atoms. The zero-order chi connectivity index (χ0) is 59.9. The number of unbranched alkanes of at least 4 members (excludes halogenated alkanes) is 38. The summed E-state index contributed by atoms with van der Waals surface area (Å²) in [4.78, 5) is 38.5. The molecule has 0 amide bonds. The third-order valence-corrected chi connectivity index (χ3v) is 15.6. The molecule has 478 valence electrons. The highest BCUT2D eigenvalue weighted by Gasteiger charge is 2.19. The second-order valence-corrected chi connectivity index (χ2v) is 23.7. The predicted molar refractivity (Wildman–Crippen MR) is 362 cm³/mol. The Morgan fingerprint density at radius 2 is 0.470 bits per heavy atom. The van der Waals surface area contributed by atoms with Gasteiger partial charge in [0.2, 0.25) is 0 Å². The molecule has 6 heteroatoms. The SMILES string of the molecule is CC/C=C\C/C=C\C/C=C\C/C=C\CCCCCCCCCCCCC(=O)OC(COC(=O)CCCCCCCCC/C=C\C/C=C\C/C=C\CC)COC(=O)CCCCCCCCCCCCCCC/C=C\CCCCCCCCCC. The van der Waals surface area contributed by atoms with Crippen molar-refractivity contribution in [3.63, 3.8) is 0 Å². The Bertz CT molecular complexity index is 1610. The molecular weight excluding hydrogens is 1020 g/mol. The number of carbonyl (C=O) groups excluding carboxylic acids is 3. The molecule has 0 N–H and O–H groups in total. The van der Waals surface area contributed by atoms with Crippen LogP contribution >= 0.6 is 0 Å². The average Bonchev–Trinajstić information content (AvgIpc) is 3.49. The molecule has 0 rings (SSSR count). The van der Waals surface area contributed by atoms with Crippen molar-refractivity contribution in [3.8, 4) is 0 Å². The minimum absolute atomic E-state index is 0.0805. The van der Waals surface area contributed by atoms with E-state index in [-0.39, 0.29) is 31.1 Å². The third-order valence-electron chi connectivity index (χ3n) is 15.6. The van der Waals surface area contributed by atoms with Crippen LogP contribution in [0, 0.1) is 0 Å². The van der Waals surface area contributed by atoms with Crippen LogP contribution in [0.4, 0.5) is 0 Å². The monoisotopic (exact) mass is 1160 g/mol. The van der Waals surface area contributed by atoms with Crippen LogP contribution in [0.2, 0.25) is 0 Å². The molecule has 0 saturated heterocycles. The smallest absolute Gasteiger partial charge is 0.306 e. The summed E-state index contributed by atoms with van der Waals surface area (Å²) in [6.07, 6.45) is 95.7. The van der Waals surface area contributed by atoms with Crippen LogP contribution in [0.5, 0.6) is 0 Å². The van der Waals surface area contributed by atoms with E-state index in [1.165, 1.54) is 205 Å². The van der Waals surface area contributed by atoms with E-state index < -0.39 is 6.10 Å². The zero-order valence-corrected chi connectivity index (χ0v) is 54.9. The van der Waals surface area contributed by atoms with Crippen molar-refractivity contribution in [2.45, 2.75) is 361 Å². The lowest BCUT2D eigenvalue weighted by Gasteiger charge is -2.18.